The highest BCUT2D eigenvalue weighted by atomic mass is 16.5. The molecule has 2 aliphatic rings. The Bertz CT molecular complexity index is 1160. The van der Waals surface area contributed by atoms with Crippen molar-refractivity contribution >= 4 is 11.5 Å². The maximum absolute atomic E-state index is 10.1. The van der Waals surface area contributed by atoms with Crippen LogP contribution in [0.2, 0.25) is 0 Å². The van der Waals surface area contributed by atoms with Crippen molar-refractivity contribution < 1.29 is 14.6 Å². The maximum Gasteiger partial charge on any atom is 0.241 e. The monoisotopic (exact) mass is 494 g/mol. The first-order valence-electron chi connectivity index (χ1n) is 13.1. The fourth-order valence-corrected chi connectivity index (χ4v) is 5.51. The molecule has 0 spiro atoms. The number of hydrogen-bond acceptors (Lipinski definition) is 8. The number of ether oxygens (including phenoxy) is 2. The summed E-state index contributed by atoms with van der Waals surface area (Å²) in [6.07, 6.45) is 9.38. The second-order valence-electron chi connectivity index (χ2n) is 10.4. The molecule has 194 valence electrons. The van der Waals surface area contributed by atoms with Crippen molar-refractivity contribution in [1.82, 2.24) is 24.5 Å². The molecular formula is C27H38N6O3. The fraction of sp³-hybridized carbons (Fsp3) is 0.593. The third-order valence-corrected chi connectivity index (χ3v) is 7.37. The molecule has 0 aromatic carbocycles. The van der Waals surface area contributed by atoms with E-state index in [1.54, 1.807) is 7.11 Å². The van der Waals surface area contributed by atoms with E-state index in [-0.39, 0.29) is 18.2 Å². The van der Waals surface area contributed by atoms with Crippen LogP contribution in [0.5, 0.6) is 5.88 Å². The molecule has 0 radical (unpaired) electrons. The summed E-state index contributed by atoms with van der Waals surface area (Å²) in [7, 11) is 3.83. The van der Waals surface area contributed by atoms with E-state index in [4.69, 9.17) is 14.6 Å². The molecule has 1 saturated carbocycles. The van der Waals surface area contributed by atoms with E-state index in [0.29, 0.717) is 24.4 Å². The van der Waals surface area contributed by atoms with Crippen LogP contribution in [0.25, 0.3) is 16.6 Å². The summed E-state index contributed by atoms with van der Waals surface area (Å²) >= 11 is 0. The molecule has 2 atom stereocenters. The molecule has 0 amide bonds. The highest BCUT2D eigenvalue weighted by Gasteiger charge is 2.26. The number of nitrogens with one attached hydrogen (secondary N) is 1. The van der Waals surface area contributed by atoms with Crippen LogP contribution in [0.4, 0.5) is 5.95 Å². The number of pyridine rings is 1. The highest BCUT2D eigenvalue weighted by molar-refractivity contribution is 5.81. The van der Waals surface area contributed by atoms with Gasteiger partial charge in [-0.05, 0) is 76.7 Å². The summed E-state index contributed by atoms with van der Waals surface area (Å²) < 4.78 is 13.6. The topological polar surface area (TPSA) is 97.0 Å². The summed E-state index contributed by atoms with van der Waals surface area (Å²) in [6.45, 7) is 4.66. The zero-order chi connectivity index (χ0) is 25.1. The molecule has 2 fully saturated rings. The van der Waals surface area contributed by atoms with Crippen LogP contribution in [0.1, 0.15) is 57.1 Å². The predicted octanol–water partition coefficient (Wildman–Crippen LogP) is 3.73. The molecule has 3 aromatic rings. The summed E-state index contributed by atoms with van der Waals surface area (Å²) in [5.74, 6) is 1.57. The number of aromatic nitrogens is 4. The Hall–Kier alpha value is -2.75. The van der Waals surface area contributed by atoms with Crippen LogP contribution < -0.4 is 10.1 Å². The summed E-state index contributed by atoms with van der Waals surface area (Å²) in [5.41, 5.74) is 4.22. The highest BCUT2D eigenvalue weighted by Crippen LogP contribution is 2.38. The Morgan fingerprint density at radius 3 is 2.78 bits per heavy atom. The number of hydrogen-bond donors (Lipinski definition) is 2. The number of fused-ring (bicyclic) bond motifs is 1. The quantitative estimate of drug-likeness (QED) is 0.489. The summed E-state index contributed by atoms with van der Waals surface area (Å²) in [4.78, 5) is 11.4. The number of likely N-dealkylation sites (N-methyl/N-ethyl adjacent to an activating group) is 1. The van der Waals surface area contributed by atoms with Gasteiger partial charge in [-0.15, -0.1) is 5.10 Å². The van der Waals surface area contributed by atoms with Gasteiger partial charge in [-0.1, -0.05) is 0 Å². The number of methoxy groups -OCH3 is 1. The van der Waals surface area contributed by atoms with Crippen molar-refractivity contribution in [3.63, 3.8) is 0 Å². The van der Waals surface area contributed by atoms with Crippen LogP contribution in [-0.2, 0) is 4.74 Å². The molecule has 1 aliphatic heterocycles. The molecule has 9 nitrogen and oxygen atoms in total. The lowest BCUT2D eigenvalue weighted by molar-refractivity contribution is 0.100. The van der Waals surface area contributed by atoms with Gasteiger partial charge >= 0.3 is 0 Å². The van der Waals surface area contributed by atoms with Crippen molar-refractivity contribution in [3.8, 4) is 17.0 Å². The number of aliphatic hydroxyl groups excluding tert-OH is 1. The molecule has 2 N–H and O–H groups in total. The zero-order valence-corrected chi connectivity index (χ0v) is 21.6. The van der Waals surface area contributed by atoms with Gasteiger partial charge in [0.05, 0.1) is 24.4 Å². The Morgan fingerprint density at radius 2 is 2.00 bits per heavy atom. The van der Waals surface area contributed by atoms with E-state index in [1.165, 1.54) is 0 Å². The normalized spacial score (nSPS) is 24.1. The van der Waals surface area contributed by atoms with Gasteiger partial charge in [0.15, 0.2) is 0 Å². The Morgan fingerprint density at radius 1 is 1.17 bits per heavy atom. The first kappa shape index (κ1) is 24.9. The predicted molar refractivity (Wildman–Crippen MR) is 140 cm³/mol. The molecule has 5 rings (SSSR count). The van der Waals surface area contributed by atoms with Crippen LogP contribution in [0.3, 0.4) is 0 Å². The van der Waals surface area contributed by atoms with Crippen molar-refractivity contribution in [2.45, 2.75) is 69.6 Å². The lowest BCUT2D eigenvalue weighted by Gasteiger charge is -2.29. The van der Waals surface area contributed by atoms with E-state index < -0.39 is 0 Å². The average molecular weight is 495 g/mol. The van der Waals surface area contributed by atoms with E-state index in [2.05, 4.69) is 33.3 Å². The Balaban J connectivity index is 1.48. The van der Waals surface area contributed by atoms with E-state index in [1.807, 2.05) is 36.0 Å². The van der Waals surface area contributed by atoms with Gasteiger partial charge in [0.1, 0.15) is 6.10 Å². The molecule has 4 heterocycles. The minimum atomic E-state index is -0.201. The third kappa shape index (κ3) is 5.63. The van der Waals surface area contributed by atoms with Crippen molar-refractivity contribution in [2.24, 2.45) is 0 Å². The van der Waals surface area contributed by atoms with Gasteiger partial charge in [0.2, 0.25) is 11.8 Å². The van der Waals surface area contributed by atoms with E-state index >= 15 is 0 Å². The Kier molecular flexibility index (Phi) is 7.69. The van der Waals surface area contributed by atoms with Crippen LogP contribution in [0, 0.1) is 0 Å². The molecule has 9 heteroatoms. The molecular weight excluding hydrogens is 456 g/mol. The first-order valence-corrected chi connectivity index (χ1v) is 13.1. The number of rotatable bonds is 8. The van der Waals surface area contributed by atoms with Crippen molar-refractivity contribution in [2.75, 3.05) is 39.2 Å². The second-order valence-corrected chi connectivity index (χ2v) is 10.4. The SMILES string of the molecule is COC[C@H](C)Nc1ncc2c(-c3ccnc(O[C@H]4CCCN(C)C4)c3)cc(C3CCC(O)CC3)n2n1. The van der Waals surface area contributed by atoms with Crippen LogP contribution in [0.15, 0.2) is 30.6 Å². The number of aliphatic hydroxyl groups is 1. The molecule has 3 aromatic heterocycles. The van der Waals surface area contributed by atoms with Crippen LogP contribution >= 0.6 is 0 Å². The molecule has 0 bridgehead atoms. The fourth-order valence-electron chi connectivity index (χ4n) is 5.51. The zero-order valence-electron chi connectivity index (χ0n) is 21.6. The minimum Gasteiger partial charge on any atom is -0.473 e. The molecule has 36 heavy (non-hydrogen) atoms. The van der Waals surface area contributed by atoms with Gasteiger partial charge in [0.25, 0.3) is 0 Å². The maximum atomic E-state index is 10.1. The smallest absolute Gasteiger partial charge is 0.241 e. The molecule has 1 saturated heterocycles. The second kappa shape index (κ2) is 11.1. The molecule has 0 unspecified atom stereocenters. The van der Waals surface area contributed by atoms with E-state index in [9.17, 15) is 5.11 Å². The summed E-state index contributed by atoms with van der Waals surface area (Å²) in [6, 6.07) is 6.39. The van der Waals surface area contributed by atoms with Crippen LogP contribution in [-0.4, -0.2) is 81.7 Å². The van der Waals surface area contributed by atoms with Gasteiger partial charge in [0, 0.05) is 49.1 Å². The molecule has 1 aliphatic carbocycles. The van der Waals surface area contributed by atoms with Crippen molar-refractivity contribution in [3.05, 3.63) is 36.3 Å². The number of likely N-dealkylation sites (tertiary alicyclic amines) is 1. The van der Waals surface area contributed by atoms with E-state index in [0.717, 1.165) is 74.0 Å². The number of anilines is 1. The third-order valence-electron chi connectivity index (χ3n) is 7.37. The van der Waals surface area contributed by atoms with Gasteiger partial charge in [-0.3, -0.25) is 0 Å². The lowest BCUT2D eigenvalue weighted by Crippen LogP contribution is -2.38. The summed E-state index contributed by atoms with van der Waals surface area (Å²) in [5, 5.41) is 18.3. The largest absolute Gasteiger partial charge is 0.473 e. The van der Waals surface area contributed by atoms with Crippen molar-refractivity contribution in [1.29, 1.82) is 0 Å². The van der Waals surface area contributed by atoms with Gasteiger partial charge in [-0.2, -0.15) is 0 Å². The van der Waals surface area contributed by atoms with Gasteiger partial charge < -0.3 is 24.8 Å². The lowest BCUT2D eigenvalue weighted by atomic mass is 9.85. The minimum absolute atomic E-state index is 0.0921. The average Bonchev–Trinajstić information content (AvgIpc) is 3.24. The standard InChI is InChI=1S/C27H38N6O3/c1-18(17-35-3)30-27-29-15-25-23(14-24(33(25)31-27)19-6-8-21(34)9-7-19)20-10-11-28-26(13-20)36-22-5-4-12-32(2)16-22/h10-11,13-15,18-19,21-22,34H,4-9,12,16-17H2,1-3H3,(H,30,31)/t18-,19?,21?,22-/m0/s1. The Labute approximate surface area is 212 Å². The van der Waals surface area contributed by atoms with Gasteiger partial charge in [-0.25, -0.2) is 14.5 Å². The number of nitrogens with zero attached hydrogens (tertiary/aromatic N) is 5. The first-order chi connectivity index (χ1) is 17.5. The number of piperidine rings is 1.